The molecular weight excluding hydrogens is 251 g/mol. The SMILES string of the molecule is O=c1[nH]ncc(Sc2ccc(F)cc2)c1Cl. The topological polar surface area (TPSA) is 45.8 Å². The fourth-order valence-electron chi connectivity index (χ4n) is 1.07. The number of nitrogens with one attached hydrogen (secondary N) is 1. The molecule has 2 aromatic rings. The molecule has 82 valence electrons. The highest BCUT2D eigenvalue weighted by atomic mass is 35.5. The third kappa shape index (κ3) is 2.43. The molecule has 0 spiro atoms. The van der Waals surface area contributed by atoms with Crippen molar-refractivity contribution in [3.63, 3.8) is 0 Å². The highest BCUT2D eigenvalue weighted by molar-refractivity contribution is 7.99. The molecule has 0 amide bonds. The molecule has 16 heavy (non-hydrogen) atoms. The summed E-state index contributed by atoms with van der Waals surface area (Å²) in [5, 5.41) is 5.95. The maximum absolute atomic E-state index is 12.7. The molecule has 0 unspecified atom stereocenters. The van der Waals surface area contributed by atoms with Gasteiger partial charge in [-0.05, 0) is 24.3 Å². The molecule has 0 saturated carbocycles. The molecule has 0 fully saturated rings. The van der Waals surface area contributed by atoms with Gasteiger partial charge in [-0.1, -0.05) is 23.4 Å². The number of H-pyrrole nitrogens is 1. The van der Waals surface area contributed by atoms with Crippen molar-refractivity contribution in [1.29, 1.82) is 0 Å². The van der Waals surface area contributed by atoms with Gasteiger partial charge >= 0.3 is 0 Å². The van der Waals surface area contributed by atoms with E-state index in [2.05, 4.69) is 10.2 Å². The average molecular weight is 257 g/mol. The lowest BCUT2D eigenvalue weighted by molar-refractivity contribution is 0.626. The van der Waals surface area contributed by atoms with Gasteiger partial charge in [0.1, 0.15) is 10.8 Å². The zero-order chi connectivity index (χ0) is 11.5. The average Bonchev–Trinajstić information content (AvgIpc) is 2.28. The molecule has 2 rings (SSSR count). The van der Waals surface area contributed by atoms with E-state index in [1.807, 2.05) is 0 Å². The van der Waals surface area contributed by atoms with Crippen LogP contribution in [0.5, 0.6) is 0 Å². The minimum Gasteiger partial charge on any atom is -0.266 e. The van der Waals surface area contributed by atoms with Crippen molar-refractivity contribution in [2.75, 3.05) is 0 Å². The van der Waals surface area contributed by atoms with Crippen molar-refractivity contribution in [1.82, 2.24) is 10.2 Å². The predicted octanol–water partition coefficient (Wildman–Crippen LogP) is 2.71. The fourth-order valence-corrected chi connectivity index (χ4v) is 2.09. The van der Waals surface area contributed by atoms with Gasteiger partial charge in [-0.25, -0.2) is 9.49 Å². The molecule has 0 saturated heterocycles. The molecule has 6 heteroatoms. The van der Waals surface area contributed by atoms with E-state index < -0.39 is 5.56 Å². The number of hydrogen-bond acceptors (Lipinski definition) is 3. The molecule has 0 bridgehead atoms. The van der Waals surface area contributed by atoms with Gasteiger partial charge in [0.05, 0.1) is 11.1 Å². The Hall–Kier alpha value is -1.33. The molecule has 0 radical (unpaired) electrons. The van der Waals surface area contributed by atoms with Gasteiger partial charge in [0.2, 0.25) is 0 Å². The molecular formula is C10H6ClFN2OS. The van der Waals surface area contributed by atoms with Gasteiger partial charge < -0.3 is 0 Å². The summed E-state index contributed by atoms with van der Waals surface area (Å²) in [6.45, 7) is 0. The lowest BCUT2D eigenvalue weighted by atomic mass is 10.4. The van der Waals surface area contributed by atoms with Gasteiger partial charge in [-0.15, -0.1) is 0 Å². The van der Waals surface area contributed by atoms with Gasteiger partial charge in [-0.2, -0.15) is 5.10 Å². The Morgan fingerprint density at radius 2 is 2.00 bits per heavy atom. The first-order valence-electron chi connectivity index (χ1n) is 4.33. The van der Waals surface area contributed by atoms with Gasteiger partial charge in [0.25, 0.3) is 5.56 Å². The zero-order valence-electron chi connectivity index (χ0n) is 7.91. The largest absolute Gasteiger partial charge is 0.284 e. The van der Waals surface area contributed by atoms with Crippen LogP contribution in [0, 0.1) is 5.82 Å². The Bertz CT molecular complexity index is 555. The van der Waals surface area contributed by atoms with Crippen molar-refractivity contribution >= 4 is 23.4 Å². The van der Waals surface area contributed by atoms with Crippen molar-refractivity contribution in [3.05, 3.63) is 51.7 Å². The standard InChI is InChI=1S/C10H6ClFN2OS/c11-9-8(5-13-14-10(9)15)16-7-3-1-6(12)2-4-7/h1-5H,(H,14,15). The second kappa shape index (κ2) is 4.67. The van der Waals surface area contributed by atoms with E-state index in [1.165, 1.54) is 30.1 Å². The second-order valence-corrected chi connectivity index (χ2v) is 4.43. The highest BCUT2D eigenvalue weighted by Crippen LogP contribution is 2.30. The molecule has 0 aliphatic rings. The number of halogens is 2. The van der Waals surface area contributed by atoms with E-state index in [1.54, 1.807) is 12.1 Å². The molecule has 0 atom stereocenters. The van der Waals surface area contributed by atoms with Crippen LogP contribution >= 0.6 is 23.4 Å². The second-order valence-electron chi connectivity index (χ2n) is 2.93. The van der Waals surface area contributed by atoms with Crippen molar-refractivity contribution in [2.24, 2.45) is 0 Å². The molecule has 1 aromatic heterocycles. The Labute approximate surface area is 99.6 Å². The molecule has 0 aliphatic heterocycles. The van der Waals surface area contributed by atoms with E-state index in [-0.39, 0.29) is 10.8 Å². The third-order valence-electron chi connectivity index (χ3n) is 1.81. The Morgan fingerprint density at radius 3 is 2.69 bits per heavy atom. The fraction of sp³-hybridized carbons (Fsp3) is 0. The zero-order valence-corrected chi connectivity index (χ0v) is 9.48. The van der Waals surface area contributed by atoms with E-state index in [0.29, 0.717) is 4.90 Å². The number of aromatic amines is 1. The lowest BCUT2D eigenvalue weighted by Gasteiger charge is -2.01. The predicted molar refractivity (Wildman–Crippen MR) is 60.4 cm³/mol. The minimum absolute atomic E-state index is 0.0873. The molecule has 0 aliphatic carbocycles. The van der Waals surface area contributed by atoms with Crippen LogP contribution in [0.4, 0.5) is 4.39 Å². The summed E-state index contributed by atoms with van der Waals surface area (Å²) in [7, 11) is 0. The van der Waals surface area contributed by atoms with Crippen LogP contribution in [0.3, 0.4) is 0 Å². The van der Waals surface area contributed by atoms with Crippen LogP contribution in [-0.2, 0) is 0 Å². The monoisotopic (exact) mass is 256 g/mol. The van der Waals surface area contributed by atoms with Gasteiger partial charge in [0.15, 0.2) is 0 Å². The Kier molecular flexibility index (Phi) is 3.26. The Balaban J connectivity index is 2.30. The van der Waals surface area contributed by atoms with Crippen molar-refractivity contribution < 1.29 is 4.39 Å². The summed E-state index contributed by atoms with van der Waals surface area (Å²) >= 11 is 7.05. The van der Waals surface area contributed by atoms with E-state index in [9.17, 15) is 9.18 Å². The van der Waals surface area contributed by atoms with E-state index in [0.717, 1.165) is 4.90 Å². The van der Waals surface area contributed by atoms with E-state index in [4.69, 9.17) is 11.6 Å². The van der Waals surface area contributed by atoms with Crippen LogP contribution in [0.25, 0.3) is 0 Å². The van der Waals surface area contributed by atoms with Crippen LogP contribution in [-0.4, -0.2) is 10.2 Å². The first kappa shape index (κ1) is 11.2. The van der Waals surface area contributed by atoms with Gasteiger partial charge in [0, 0.05) is 4.90 Å². The summed E-state index contributed by atoms with van der Waals surface area (Å²) in [4.78, 5) is 12.5. The number of rotatable bonds is 2. The number of hydrogen-bond donors (Lipinski definition) is 1. The summed E-state index contributed by atoms with van der Waals surface area (Å²) in [5.74, 6) is -0.306. The first-order chi connectivity index (χ1) is 7.66. The quantitative estimate of drug-likeness (QED) is 0.899. The summed E-state index contributed by atoms with van der Waals surface area (Å²) in [6.07, 6.45) is 1.46. The maximum atomic E-state index is 12.7. The third-order valence-corrected chi connectivity index (χ3v) is 3.33. The first-order valence-corrected chi connectivity index (χ1v) is 5.53. The molecule has 1 aromatic carbocycles. The smallest absolute Gasteiger partial charge is 0.266 e. The highest BCUT2D eigenvalue weighted by Gasteiger charge is 2.06. The van der Waals surface area contributed by atoms with E-state index >= 15 is 0 Å². The number of nitrogens with zero attached hydrogens (tertiary/aromatic N) is 1. The maximum Gasteiger partial charge on any atom is 0.284 e. The summed E-state index contributed by atoms with van der Waals surface area (Å²) in [6, 6.07) is 5.91. The normalized spacial score (nSPS) is 10.4. The molecule has 1 N–H and O–H groups in total. The number of aromatic nitrogens is 2. The van der Waals surface area contributed by atoms with Crippen LogP contribution in [0.15, 0.2) is 45.0 Å². The van der Waals surface area contributed by atoms with Gasteiger partial charge in [-0.3, -0.25) is 4.79 Å². The summed E-state index contributed by atoms with van der Waals surface area (Å²) in [5.41, 5.74) is -0.436. The summed E-state index contributed by atoms with van der Waals surface area (Å²) < 4.78 is 12.7. The van der Waals surface area contributed by atoms with Crippen LogP contribution in [0.2, 0.25) is 5.02 Å². The van der Waals surface area contributed by atoms with Crippen molar-refractivity contribution in [3.8, 4) is 0 Å². The number of benzene rings is 1. The molecule has 3 nitrogen and oxygen atoms in total. The lowest BCUT2D eigenvalue weighted by Crippen LogP contribution is -2.08. The Morgan fingerprint density at radius 1 is 1.31 bits per heavy atom. The van der Waals surface area contributed by atoms with Crippen LogP contribution < -0.4 is 5.56 Å². The van der Waals surface area contributed by atoms with Crippen LogP contribution in [0.1, 0.15) is 0 Å². The molecule has 1 heterocycles. The minimum atomic E-state index is -0.436. The van der Waals surface area contributed by atoms with Crippen molar-refractivity contribution in [2.45, 2.75) is 9.79 Å².